The van der Waals surface area contributed by atoms with Crippen molar-refractivity contribution < 1.29 is 14.9 Å². The van der Waals surface area contributed by atoms with E-state index in [-0.39, 0.29) is 12.4 Å². The van der Waals surface area contributed by atoms with E-state index in [4.69, 9.17) is 10.5 Å². The Morgan fingerprint density at radius 1 is 1.00 bits per heavy atom. The van der Waals surface area contributed by atoms with Crippen LogP contribution >= 0.6 is 0 Å². The summed E-state index contributed by atoms with van der Waals surface area (Å²) in [5.41, 5.74) is 7.87. The number of nitrogen functional groups attached to an aromatic ring is 1. The van der Waals surface area contributed by atoms with Crippen molar-refractivity contribution in [2.75, 3.05) is 5.73 Å². The number of aliphatic hydroxyl groups is 2. The van der Waals surface area contributed by atoms with Crippen LogP contribution < -0.4 is 5.73 Å². The van der Waals surface area contributed by atoms with Crippen molar-refractivity contribution >= 4 is 28.1 Å². The molecule has 5 rings (SSSR count). The number of fused-ring (bicyclic) bond motifs is 2. The highest BCUT2D eigenvalue weighted by Gasteiger charge is 2.44. The third-order valence-corrected chi connectivity index (χ3v) is 4.66. The third-order valence-electron chi connectivity index (χ3n) is 4.66. The Labute approximate surface area is 151 Å². The minimum atomic E-state index is -1.17. The van der Waals surface area contributed by atoms with E-state index in [0.717, 1.165) is 0 Å². The van der Waals surface area contributed by atoms with Gasteiger partial charge in [-0.15, -0.1) is 0 Å². The monoisotopic (exact) mass is 369 g/mol. The molecule has 0 radical (unpaired) electrons. The molecule has 0 aromatic carbocycles. The molecule has 1 aliphatic heterocycles. The molecular weight excluding hydrogens is 354 g/mol. The maximum Gasteiger partial charge on any atom is 0.167 e. The summed E-state index contributed by atoms with van der Waals surface area (Å²) in [4.78, 5) is 24.5. The standard InChI is InChI=1S/C15H15N9O3/c16-12-9-14(20-4-18-12)24(6-22-9)15-11(26)10(25)8(27-15)2-23-5-21-7-1-17-3-19-13(7)23/h1,3-6,8,10-11,15,25-26H,2H2,(H2,16,18,20)/t8-,10?,11?,15-/m1/s1. The summed E-state index contributed by atoms with van der Waals surface area (Å²) in [6.07, 6.45) is 3.54. The number of ether oxygens (including phenoxy) is 1. The molecule has 1 fully saturated rings. The van der Waals surface area contributed by atoms with E-state index in [1.54, 1.807) is 17.1 Å². The molecule has 4 aromatic rings. The molecule has 0 bridgehead atoms. The van der Waals surface area contributed by atoms with Crippen LogP contribution in [0.4, 0.5) is 5.82 Å². The van der Waals surface area contributed by atoms with Crippen molar-refractivity contribution in [2.24, 2.45) is 0 Å². The fraction of sp³-hybridized carbons (Fsp3) is 0.333. The van der Waals surface area contributed by atoms with Crippen LogP contribution in [0.25, 0.3) is 22.3 Å². The number of aromatic nitrogens is 8. The second-order valence-corrected chi connectivity index (χ2v) is 6.26. The SMILES string of the molecule is Nc1ncnc2c1ncn2[C@@H]1O[C@H](Cn2cnc3cncnc32)C(O)C1O. The highest BCUT2D eigenvalue weighted by atomic mass is 16.6. The third kappa shape index (κ3) is 2.42. The van der Waals surface area contributed by atoms with Gasteiger partial charge in [0.25, 0.3) is 0 Å². The van der Waals surface area contributed by atoms with Gasteiger partial charge in [-0.05, 0) is 0 Å². The Morgan fingerprint density at radius 2 is 1.85 bits per heavy atom. The van der Waals surface area contributed by atoms with Crippen LogP contribution in [-0.2, 0) is 11.3 Å². The number of aliphatic hydroxyl groups excluding tert-OH is 2. The van der Waals surface area contributed by atoms with E-state index < -0.39 is 24.5 Å². The molecule has 4 N–H and O–H groups in total. The average molecular weight is 369 g/mol. The predicted molar refractivity (Wildman–Crippen MR) is 91.0 cm³/mol. The lowest BCUT2D eigenvalue weighted by Gasteiger charge is -2.16. The number of hydrogen-bond acceptors (Lipinski definition) is 10. The Hall–Kier alpha value is -3.22. The van der Waals surface area contributed by atoms with Crippen LogP contribution in [0.2, 0.25) is 0 Å². The summed E-state index contributed by atoms with van der Waals surface area (Å²) in [6.45, 7) is 0.256. The van der Waals surface area contributed by atoms with Crippen LogP contribution in [0.3, 0.4) is 0 Å². The smallest absolute Gasteiger partial charge is 0.167 e. The van der Waals surface area contributed by atoms with E-state index in [0.29, 0.717) is 22.3 Å². The topological polar surface area (TPSA) is 163 Å². The maximum atomic E-state index is 10.5. The van der Waals surface area contributed by atoms with E-state index in [9.17, 15) is 10.2 Å². The zero-order valence-electron chi connectivity index (χ0n) is 13.9. The second-order valence-electron chi connectivity index (χ2n) is 6.26. The molecular formula is C15H15N9O3. The van der Waals surface area contributed by atoms with Crippen molar-refractivity contribution in [3.63, 3.8) is 0 Å². The molecule has 0 saturated carbocycles. The summed E-state index contributed by atoms with van der Waals surface area (Å²) in [5, 5.41) is 21.0. The number of hydrogen-bond donors (Lipinski definition) is 3. The first-order valence-electron chi connectivity index (χ1n) is 8.19. The number of imidazole rings is 2. The van der Waals surface area contributed by atoms with Gasteiger partial charge in [-0.2, -0.15) is 0 Å². The molecule has 0 amide bonds. The van der Waals surface area contributed by atoms with Gasteiger partial charge in [-0.25, -0.2) is 29.9 Å². The Morgan fingerprint density at radius 3 is 2.74 bits per heavy atom. The minimum Gasteiger partial charge on any atom is -0.387 e. The molecule has 0 spiro atoms. The van der Waals surface area contributed by atoms with Crippen LogP contribution in [0.15, 0.2) is 31.5 Å². The number of rotatable bonds is 3. The molecule has 27 heavy (non-hydrogen) atoms. The van der Waals surface area contributed by atoms with Crippen molar-refractivity contribution in [2.45, 2.75) is 31.1 Å². The molecule has 12 nitrogen and oxygen atoms in total. The summed E-state index contributed by atoms with van der Waals surface area (Å²) >= 11 is 0. The Kier molecular flexibility index (Phi) is 3.50. The minimum absolute atomic E-state index is 0.230. The van der Waals surface area contributed by atoms with E-state index in [2.05, 4.69) is 29.9 Å². The van der Waals surface area contributed by atoms with Gasteiger partial charge in [0, 0.05) is 0 Å². The van der Waals surface area contributed by atoms with Gasteiger partial charge >= 0.3 is 0 Å². The normalized spacial score (nSPS) is 25.6. The van der Waals surface area contributed by atoms with Gasteiger partial charge in [0.2, 0.25) is 0 Å². The first kappa shape index (κ1) is 16.0. The van der Waals surface area contributed by atoms with Crippen LogP contribution in [0.5, 0.6) is 0 Å². The fourth-order valence-corrected chi connectivity index (χ4v) is 3.31. The summed E-state index contributed by atoms with van der Waals surface area (Å²) in [7, 11) is 0. The average Bonchev–Trinajstić information content (AvgIpc) is 3.35. The largest absolute Gasteiger partial charge is 0.387 e. The maximum absolute atomic E-state index is 10.5. The quantitative estimate of drug-likeness (QED) is 0.402. The van der Waals surface area contributed by atoms with Crippen LogP contribution in [0.1, 0.15) is 6.23 Å². The summed E-state index contributed by atoms with van der Waals surface area (Å²) in [6, 6.07) is 0. The first-order chi connectivity index (χ1) is 13.1. The van der Waals surface area contributed by atoms with Crippen molar-refractivity contribution in [3.05, 3.63) is 31.5 Å². The highest BCUT2D eigenvalue weighted by Crippen LogP contribution is 2.32. The van der Waals surface area contributed by atoms with Gasteiger partial charge in [0.05, 0.1) is 25.4 Å². The molecule has 12 heteroatoms. The lowest BCUT2D eigenvalue weighted by molar-refractivity contribution is -0.0390. The van der Waals surface area contributed by atoms with Gasteiger partial charge < -0.3 is 25.3 Å². The molecule has 4 aromatic heterocycles. The lowest BCUT2D eigenvalue weighted by atomic mass is 10.1. The van der Waals surface area contributed by atoms with Gasteiger partial charge in [0.1, 0.15) is 42.0 Å². The molecule has 2 unspecified atom stereocenters. The lowest BCUT2D eigenvalue weighted by Crippen LogP contribution is -2.33. The molecule has 5 heterocycles. The Bertz CT molecular complexity index is 1130. The number of nitrogens with two attached hydrogens (primary N) is 1. The zero-order chi connectivity index (χ0) is 18.5. The fourth-order valence-electron chi connectivity index (χ4n) is 3.31. The van der Waals surface area contributed by atoms with Crippen LogP contribution in [-0.4, -0.2) is 67.6 Å². The van der Waals surface area contributed by atoms with Crippen molar-refractivity contribution in [3.8, 4) is 0 Å². The van der Waals surface area contributed by atoms with E-state index in [1.807, 2.05) is 0 Å². The number of nitrogens with zero attached hydrogens (tertiary/aromatic N) is 8. The Balaban J connectivity index is 1.46. The number of anilines is 1. The second kappa shape index (κ2) is 5.90. The van der Waals surface area contributed by atoms with Crippen molar-refractivity contribution in [1.29, 1.82) is 0 Å². The van der Waals surface area contributed by atoms with Crippen molar-refractivity contribution in [1.82, 2.24) is 39.0 Å². The molecule has 1 saturated heterocycles. The summed E-state index contributed by atoms with van der Waals surface area (Å²) in [5.74, 6) is 0.230. The van der Waals surface area contributed by atoms with Crippen LogP contribution in [0, 0.1) is 0 Å². The first-order valence-corrected chi connectivity index (χ1v) is 8.19. The molecule has 1 aliphatic rings. The van der Waals surface area contributed by atoms with Gasteiger partial charge in [0.15, 0.2) is 23.3 Å². The van der Waals surface area contributed by atoms with Gasteiger partial charge in [-0.1, -0.05) is 0 Å². The van der Waals surface area contributed by atoms with E-state index in [1.165, 1.54) is 23.5 Å². The van der Waals surface area contributed by atoms with E-state index >= 15 is 0 Å². The molecule has 0 aliphatic carbocycles. The zero-order valence-corrected chi connectivity index (χ0v) is 13.9. The summed E-state index contributed by atoms with van der Waals surface area (Å²) < 4.78 is 9.21. The molecule has 4 atom stereocenters. The van der Waals surface area contributed by atoms with Gasteiger partial charge in [-0.3, -0.25) is 4.57 Å². The molecule has 138 valence electrons. The predicted octanol–water partition coefficient (Wildman–Crippen LogP) is -1.13. The highest BCUT2D eigenvalue weighted by molar-refractivity contribution is 5.81.